The Bertz CT molecular complexity index is 456. The average molecular weight is 336 g/mol. The Hall–Kier alpha value is -1.53. The van der Waals surface area contributed by atoms with Crippen LogP contribution in [0.4, 0.5) is 0 Å². The molecule has 1 fully saturated rings. The minimum Gasteiger partial charge on any atom is -0.469 e. The molecule has 0 spiro atoms. The molecule has 2 rings (SSSR count). The molecule has 1 aliphatic heterocycles. The predicted octanol–water partition coefficient (Wildman–Crippen LogP) is 1.88. The first-order valence-corrected chi connectivity index (χ1v) is 9.16. The van der Waals surface area contributed by atoms with Gasteiger partial charge in [0.25, 0.3) is 0 Å². The second kappa shape index (κ2) is 11.1. The van der Waals surface area contributed by atoms with Crippen molar-refractivity contribution in [2.24, 2.45) is 4.99 Å². The van der Waals surface area contributed by atoms with E-state index in [-0.39, 0.29) is 0 Å². The van der Waals surface area contributed by atoms with Gasteiger partial charge in [0.2, 0.25) is 0 Å². The number of nitrogens with one attached hydrogen (secondary N) is 2. The molecule has 136 valence electrons. The summed E-state index contributed by atoms with van der Waals surface area (Å²) in [7, 11) is 0. The summed E-state index contributed by atoms with van der Waals surface area (Å²) >= 11 is 0. The second-order valence-corrected chi connectivity index (χ2v) is 6.22. The van der Waals surface area contributed by atoms with Crippen molar-refractivity contribution in [1.82, 2.24) is 15.5 Å². The summed E-state index contributed by atoms with van der Waals surface area (Å²) in [5, 5.41) is 6.84. The van der Waals surface area contributed by atoms with Crippen molar-refractivity contribution in [3.05, 3.63) is 24.2 Å². The predicted molar refractivity (Wildman–Crippen MR) is 97.5 cm³/mol. The zero-order valence-electron chi connectivity index (χ0n) is 15.1. The van der Waals surface area contributed by atoms with Gasteiger partial charge in [-0.15, -0.1) is 0 Å². The molecule has 0 saturated carbocycles. The van der Waals surface area contributed by atoms with E-state index in [1.54, 1.807) is 6.26 Å². The van der Waals surface area contributed by atoms with Gasteiger partial charge in [-0.2, -0.15) is 0 Å². The van der Waals surface area contributed by atoms with Crippen molar-refractivity contribution in [1.29, 1.82) is 0 Å². The maximum atomic E-state index is 5.42. The maximum Gasteiger partial charge on any atom is 0.191 e. The minimum absolute atomic E-state index is 0.434. The smallest absolute Gasteiger partial charge is 0.191 e. The molecule has 0 radical (unpaired) electrons. The first kappa shape index (κ1) is 18.8. The third kappa shape index (κ3) is 6.93. The number of aliphatic imine (C=N–C) groups is 1. The highest BCUT2D eigenvalue weighted by molar-refractivity contribution is 5.79. The lowest BCUT2D eigenvalue weighted by Crippen LogP contribution is -2.44. The summed E-state index contributed by atoms with van der Waals surface area (Å²) in [6.45, 7) is 10.7. The van der Waals surface area contributed by atoms with Crippen molar-refractivity contribution in [2.45, 2.75) is 39.2 Å². The first-order valence-electron chi connectivity index (χ1n) is 9.16. The third-order valence-electron chi connectivity index (χ3n) is 4.25. The monoisotopic (exact) mass is 336 g/mol. The fourth-order valence-corrected chi connectivity index (χ4v) is 2.67. The van der Waals surface area contributed by atoms with E-state index in [0.717, 1.165) is 70.5 Å². The Labute approximate surface area is 145 Å². The molecule has 2 N–H and O–H groups in total. The summed E-state index contributed by atoms with van der Waals surface area (Å²) in [6, 6.07) is 4.36. The molecular weight excluding hydrogens is 304 g/mol. The third-order valence-corrected chi connectivity index (χ3v) is 4.25. The normalized spacial score (nSPS) is 17.7. The fourth-order valence-electron chi connectivity index (χ4n) is 2.67. The van der Waals surface area contributed by atoms with Gasteiger partial charge in [0.1, 0.15) is 5.76 Å². The second-order valence-electron chi connectivity index (χ2n) is 6.22. The lowest BCUT2D eigenvalue weighted by Gasteiger charge is -2.31. The zero-order valence-corrected chi connectivity index (χ0v) is 15.1. The van der Waals surface area contributed by atoms with Gasteiger partial charge >= 0.3 is 0 Å². The van der Waals surface area contributed by atoms with Gasteiger partial charge in [0.15, 0.2) is 5.96 Å². The number of unbranched alkanes of at least 4 members (excludes halogenated alkanes) is 1. The lowest BCUT2D eigenvalue weighted by molar-refractivity contribution is 0.0220. The van der Waals surface area contributed by atoms with Gasteiger partial charge in [-0.1, -0.05) is 13.3 Å². The van der Waals surface area contributed by atoms with Crippen molar-refractivity contribution in [3.63, 3.8) is 0 Å². The Morgan fingerprint density at radius 3 is 2.79 bits per heavy atom. The van der Waals surface area contributed by atoms with Crippen LogP contribution in [0.1, 0.15) is 32.4 Å². The highest BCUT2D eigenvalue weighted by Crippen LogP contribution is 2.04. The molecule has 1 unspecified atom stereocenters. The van der Waals surface area contributed by atoms with Crippen LogP contribution in [0.15, 0.2) is 27.8 Å². The summed E-state index contributed by atoms with van der Waals surface area (Å²) in [4.78, 5) is 7.21. The Kier molecular flexibility index (Phi) is 8.70. The highest BCUT2D eigenvalue weighted by atomic mass is 16.5. The summed E-state index contributed by atoms with van der Waals surface area (Å²) in [5.74, 6) is 1.90. The molecule has 2 heterocycles. The Morgan fingerprint density at radius 2 is 2.08 bits per heavy atom. The standard InChI is InChI=1S/C18H32N4O2/c1-3-4-8-19-18(20-9-7-17-6-5-12-24-17)21-15-16(2)22-10-13-23-14-11-22/h5-6,12,16H,3-4,7-11,13-15H2,1-2H3,(H2,19,20,21). The van der Waals surface area contributed by atoms with Crippen LogP contribution in [0.3, 0.4) is 0 Å². The molecule has 1 aliphatic rings. The van der Waals surface area contributed by atoms with Crippen molar-refractivity contribution >= 4 is 5.96 Å². The molecule has 1 atom stereocenters. The van der Waals surface area contributed by atoms with E-state index in [4.69, 9.17) is 14.1 Å². The molecule has 6 heteroatoms. The van der Waals surface area contributed by atoms with Crippen molar-refractivity contribution < 1.29 is 9.15 Å². The van der Waals surface area contributed by atoms with Crippen molar-refractivity contribution in [2.75, 3.05) is 45.9 Å². The van der Waals surface area contributed by atoms with Gasteiger partial charge in [0.05, 0.1) is 26.0 Å². The van der Waals surface area contributed by atoms with Gasteiger partial charge in [-0.05, 0) is 25.5 Å². The number of morpholine rings is 1. The molecule has 0 amide bonds. The van der Waals surface area contributed by atoms with E-state index in [9.17, 15) is 0 Å². The van der Waals surface area contributed by atoms with Crippen LogP contribution >= 0.6 is 0 Å². The van der Waals surface area contributed by atoms with Gasteiger partial charge in [0, 0.05) is 38.6 Å². The number of furan rings is 1. The van der Waals surface area contributed by atoms with E-state index in [1.165, 1.54) is 6.42 Å². The van der Waals surface area contributed by atoms with Crippen LogP contribution in [0.2, 0.25) is 0 Å². The fraction of sp³-hybridized carbons (Fsp3) is 0.722. The zero-order chi connectivity index (χ0) is 17.0. The van der Waals surface area contributed by atoms with Crippen LogP contribution in [-0.2, 0) is 11.2 Å². The Balaban J connectivity index is 1.78. The van der Waals surface area contributed by atoms with E-state index in [0.29, 0.717) is 6.04 Å². The number of guanidine groups is 1. The number of hydrogen-bond acceptors (Lipinski definition) is 4. The highest BCUT2D eigenvalue weighted by Gasteiger charge is 2.16. The van der Waals surface area contributed by atoms with E-state index >= 15 is 0 Å². The molecule has 1 aromatic rings. The van der Waals surface area contributed by atoms with Gasteiger partial charge in [-0.3, -0.25) is 9.89 Å². The molecule has 1 aromatic heterocycles. The van der Waals surface area contributed by atoms with Gasteiger partial charge < -0.3 is 19.8 Å². The molecule has 6 nitrogen and oxygen atoms in total. The quantitative estimate of drug-likeness (QED) is 0.410. The molecular formula is C18H32N4O2. The average Bonchev–Trinajstić information content (AvgIpc) is 3.13. The molecule has 1 saturated heterocycles. The summed E-state index contributed by atoms with van der Waals surface area (Å²) in [5.41, 5.74) is 0. The van der Waals surface area contributed by atoms with Crippen LogP contribution in [0.25, 0.3) is 0 Å². The maximum absolute atomic E-state index is 5.42. The largest absolute Gasteiger partial charge is 0.469 e. The molecule has 0 aliphatic carbocycles. The molecule has 0 aromatic carbocycles. The van der Waals surface area contributed by atoms with Crippen LogP contribution in [0.5, 0.6) is 0 Å². The minimum atomic E-state index is 0.434. The summed E-state index contributed by atoms with van der Waals surface area (Å²) < 4.78 is 10.8. The SMILES string of the molecule is CCCCNC(=NCC(C)N1CCOCC1)NCCc1ccco1. The number of nitrogens with zero attached hydrogens (tertiary/aromatic N) is 2. The number of hydrogen-bond donors (Lipinski definition) is 2. The van der Waals surface area contributed by atoms with E-state index in [2.05, 4.69) is 29.4 Å². The molecule has 24 heavy (non-hydrogen) atoms. The van der Waals surface area contributed by atoms with Crippen molar-refractivity contribution in [3.8, 4) is 0 Å². The first-order chi connectivity index (χ1) is 11.8. The lowest BCUT2D eigenvalue weighted by atomic mass is 10.2. The van der Waals surface area contributed by atoms with Crippen LogP contribution in [-0.4, -0.2) is 62.8 Å². The van der Waals surface area contributed by atoms with Crippen LogP contribution < -0.4 is 10.6 Å². The number of ether oxygens (including phenoxy) is 1. The van der Waals surface area contributed by atoms with Gasteiger partial charge in [-0.25, -0.2) is 0 Å². The van der Waals surface area contributed by atoms with Crippen LogP contribution in [0, 0.1) is 0 Å². The summed E-state index contributed by atoms with van der Waals surface area (Å²) in [6.07, 6.45) is 4.91. The van der Waals surface area contributed by atoms with E-state index < -0.39 is 0 Å². The number of rotatable bonds is 9. The molecule has 0 bridgehead atoms. The topological polar surface area (TPSA) is 62.0 Å². The Morgan fingerprint density at radius 1 is 1.29 bits per heavy atom. The van der Waals surface area contributed by atoms with E-state index in [1.807, 2.05) is 12.1 Å².